The lowest BCUT2D eigenvalue weighted by atomic mass is 10.00. The van der Waals surface area contributed by atoms with Crippen LogP contribution in [0.2, 0.25) is 12.1 Å². The van der Waals surface area contributed by atoms with Gasteiger partial charge in [-0.25, -0.2) is 0 Å². The number of rotatable bonds is 6. The van der Waals surface area contributed by atoms with Gasteiger partial charge in [0.05, 0.1) is 0 Å². The van der Waals surface area contributed by atoms with Crippen LogP contribution in [0.1, 0.15) is 13.3 Å². The molecule has 0 aromatic carbocycles. The molecule has 0 radical (unpaired) electrons. The van der Waals surface area contributed by atoms with Crippen LogP contribution < -0.4 is 0 Å². The Kier molecular flexibility index (Phi) is 5.80. The van der Waals surface area contributed by atoms with E-state index in [0.717, 1.165) is 6.92 Å². The molecule has 1 nitrogen and oxygen atoms in total. The summed E-state index contributed by atoms with van der Waals surface area (Å²) in [7, 11) is -2.18. The molecule has 0 amide bonds. The van der Waals surface area contributed by atoms with Crippen LogP contribution in [0.3, 0.4) is 0 Å². The maximum atomic E-state index is 13.2. The van der Waals surface area contributed by atoms with Gasteiger partial charge in [-0.2, -0.15) is 39.5 Å². The molecule has 2 unspecified atom stereocenters. The lowest BCUT2D eigenvalue weighted by Gasteiger charge is -2.35. The Morgan fingerprint density at radius 1 is 0.950 bits per heavy atom. The van der Waals surface area contributed by atoms with Gasteiger partial charge in [-0.3, -0.25) is 0 Å². The van der Waals surface area contributed by atoms with Gasteiger partial charge in [-0.1, -0.05) is 6.92 Å². The van der Waals surface area contributed by atoms with Crippen LogP contribution in [0.4, 0.5) is 39.5 Å². The van der Waals surface area contributed by atoms with E-state index in [-0.39, 0.29) is 10.5 Å². The zero-order valence-corrected chi connectivity index (χ0v) is 13.8. The molecule has 0 aliphatic heterocycles. The van der Waals surface area contributed by atoms with Crippen molar-refractivity contribution in [1.29, 1.82) is 0 Å². The van der Waals surface area contributed by atoms with Crippen molar-refractivity contribution in [2.24, 2.45) is 0 Å². The number of halogens is 9. The SMILES string of the molecule is CC(CC(F)(F)C(F)(F)C(F)(F)C(F)(F)F)[SiH](C)O[SiH3]. The second-order valence-electron chi connectivity index (χ2n) is 4.47. The molecule has 0 N–H and O–H groups in total. The maximum absolute atomic E-state index is 13.2. The van der Waals surface area contributed by atoms with Gasteiger partial charge in [0.25, 0.3) is 0 Å². The first-order valence-corrected chi connectivity index (χ1v) is 8.45. The molecule has 20 heavy (non-hydrogen) atoms. The average Bonchev–Trinajstić information content (AvgIpc) is 2.25. The largest absolute Gasteiger partial charge is 0.465 e. The van der Waals surface area contributed by atoms with E-state index in [2.05, 4.69) is 0 Å². The quantitative estimate of drug-likeness (QED) is 0.528. The highest BCUT2D eigenvalue weighted by atomic mass is 28.3. The topological polar surface area (TPSA) is 9.23 Å². The number of alkyl halides is 9. The van der Waals surface area contributed by atoms with E-state index in [9.17, 15) is 39.5 Å². The molecule has 0 saturated heterocycles. The van der Waals surface area contributed by atoms with Gasteiger partial charge in [-0.15, -0.1) is 0 Å². The Morgan fingerprint density at radius 3 is 1.65 bits per heavy atom. The van der Waals surface area contributed by atoms with Crippen molar-refractivity contribution >= 4 is 19.5 Å². The van der Waals surface area contributed by atoms with Gasteiger partial charge in [-0.05, 0) is 12.1 Å². The first-order valence-electron chi connectivity index (χ1n) is 5.34. The van der Waals surface area contributed by atoms with Crippen molar-refractivity contribution in [1.82, 2.24) is 0 Å². The molecule has 0 aromatic rings. The van der Waals surface area contributed by atoms with Crippen LogP contribution in [0.5, 0.6) is 0 Å². The monoisotopic (exact) mass is 352 g/mol. The number of hydrogen-bond donors (Lipinski definition) is 0. The van der Waals surface area contributed by atoms with Gasteiger partial charge in [0.15, 0.2) is 9.04 Å². The van der Waals surface area contributed by atoms with Crippen LogP contribution in [0, 0.1) is 0 Å². The van der Waals surface area contributed by atoms with E-state index >= 15 is 0 Å². The molecular weight excluding hydrogens is 339 g/mol. The molecule has 2 atom stereocenters. The standard InChI is InChI=1S/C8H13F9OSi2/c1-4(20(2)18-19)3-5(9,10)6(11,12)7(13,14)8(15,16)17/h4,20H,3H2,1-2,19H3. The maximum Gasteiger partial charge on any atom is 0.460 e. The molecule has 0 fully saturated rings. The fraction of sp³-hybridized carbons (Fsp3) is 1.00. The highest BCUT2D eigenvalue weighted by Gasteiger charge is 2.81. The van der Waals surface area contributed by atoms with E-state index < -0.39 is 44.9 Å². The van der Waals surface area contributed by atoms with E-state index in [1.54, 1.807) is 0 Å². The number of hydrogen-bond acceptors (Lipinski definition) is 1. The molecule has 0 heterocycles. The Hall–Kier alpha value is -0.236. The zero-order chi connectivity index (χ0) is 16.6. The third kappa shape index (κ3) is 3.50. The van der Waals surface area contributed by atoms with Gasteiger partial charge in [0.1, 0.15) is 10.5 Å². The lowest BCUT2D eigenvalue weighted by molar-refractivity contribution is -0.396. The third-order valence-electron chi connectivity index (χ3n) is 2.96. The van der Waals surface area contributed by atoms with Gasteiger partial charge in [0, 0.05) is 6.42 Å². The summed E-state index contributed by atoms with van der Waals surface area (Å²) in [5.41, 5.74) is -1.18. The van der Waals surface area contributed by atoms with Gasteiger partial charge in [0.2, 0.25) is 0 Å². The van der Waals surface area contributed by atoms with Crippen molar-refractivity contribution < 1.29 is 43.6 Å². The van der Waals surface area contributed by atoms with Crippen LogP contribution in [-0.4, -0.2) is 43.5 Å². The predicted octanol–water partition coefficient (Wildman–Crippen LogP) is 2.89. The Balaban J connectivity index is 5.37. The first kappa shape index (κ1) is 19.8. The normalized spacial score (nSPS) is 18.1. The Morgan fingerprint density at radius 2 is 1.35 bits per heavy atom. The minimum absolute atomic E-state index is 0.136. The highest BCUT2D eigenvalue weighted by molar-refractivity contribution is 6.55. The summed E-state index contributed by atoms with van der Waals surface area (Å²) in [5, 5.41) is 0. The smallest absolute Gasteiger partial charge is 0.460 e. The molecular formula is C8H13F9OSi2. The summed E-state index contributed by atoms with van der Waals surface area (Å²) in [6.07, 6.45) is -8.55. The fourth-order valence-electron chi connectivity index (χ4n) is 1.34. The van der Waals surface area contributed by atoms with E-state index in [1.807, 2.05) is 0 Å². The Labute approximate surface area is 113 Å². The summed E-state index contributed by atoms with van der Waals surface area (Å²) in [6.45, 7) is 2.43. The average molecular weight is 352 g/mol. The zero-order valence-electron chi connectivity index (χ0n) is 10.7. The third-order valence-corrected chi connectivity index (χ3v) is 7.77. The molecule has 0 saturated carbocycles. The minimum Gasteiger partial charge on any atom is -0.465 e. The molecule has 12 heteroatoms. The molecule has 0 bridgehead atoms. The lowest BCUT2D eigenvalue weighted by Crippen LogP contribution is -2.61. The summed E-state index contributed by atoms with van der Waals surface area (Å²) in [4.78, 5) is 0. The van der Waals surface area contributed by atoms with Crippen LogP contribution >= 0.6 is 0 Å². The van der Waals surface area contributed by atoms with E-state index in [0.29, 0.717) is 0 Å². The molecule has 122 valence electrons. The van der Waals surface area contributed by atoms with Crippen LogP contribution in [0.25, 0.3) is 0 Å². The van der Waals surface area contributed by atoms with Crippen molar-refractivity contribution in [2.75, 3.05) is 0 Å². The van der Waals surface area contributed by atoms with Crippen LogP contribution in [-0.2, 0) is 4.12 Å². The van der Waals surface area contributed by atoms with Crippen LogP contribution in [0.15, 0.2) is 0 Å². The van der Waals surface area contributed by atoms with Gasteiger partial charge < -0.3 is 4.12 Å². The van der Waals surface area contributed by atoms with Crippen molar-refractivity contribution in [3.05, 3.63) is 0 Å². The van der Waals surface area contributed by atoms with Crippen molar-refractivity contribution in [3.63, 3.8) is 0 Å². The molecule has 0 spiro atoms. The summed E-state index contributed by atoms with van der Waals surface area (Å²) >= 11 is 0. The van der Waals surface area contributed by atoms with Crippen molar-refractivity contribution in [2.45, 2.75) is 49.4 Å². The predicted molar refractivity (Wildman–Crippen MR) is 59.0 cm³/mol. The minimum atomic E-state index is -6.81. The fourth-order valence-corrected chi connectivity index (χ4v) is 3.82. The second-order valence-corrected chi connectivity index (χ2v) is 8.91. The van der Waals surface area contributed by atoms with Gasteiger partial charge >= 0.3 is 23.9 Å². The van der Waals surface area contributed by atoms with Crippen molar-refractivity contribution in [3.8, 4) is 0 Å². The molecule has 0 aliphatic rings. The van der Waals surface area contributed by atoms with E-state index in [1.165, 1.54) is 6.55 Å². The summed E-state index contributed by atoms with van der Waals surface area (Å²) in [6, 6.07) is 0. The second kappa shape index (κ2) is 5.87. The summed E-state index contributed by atoms with van der Waals surface area (Å²) in [5.74, 6) is -18.8. The molecule has 0 aromatic heterocycles. The first-order chi connectivity index (χ1) is 8.62. The molecule has 0 rings (SSSR count). The molecule has 0 aliphatic carbocycles. The summed E-state index contributed by atoms with van der Waals surface area (Å²) < 4.78 is 118. The highest BCUT2D eigenvalue weighted by Crippen LogP contribution is 2.55. The van der Waals surface area contributed by atoms with E-state index in [4.69, 9.17) is 4.12 Å². The Bertz CT molecular complexity index is 330.